The molecule has 1 fully saturated rings. The van der Waals surface area contributed by atoms with Gasteiger partial charge in [-0.05, 0) is 32.6 Å². The number of carbonyl (C=O) groups is 1. The molecule has 19 heavy (non-hydrogen) atoms. The molecule has 1 aromatic rings. The summed E-state index contributed by atoms with van der Waals surface area (Å²) in [7, 11) is 1.72. The number of rotatable bonds is 6. The summed E-state index contributed by atoms with van der Waals surface area (Å²) in [5.74, 6) is 0.379. The van der Waals surface area contributed by atoms with Crippen molar-refractivity contribution in [3.05, 3.63) is 17.3 Å². The Balaban J connectivity index is 2.16. The summed E-state index contributed by atoms with van der Waals surface area (Å²) < 4.78 is 16.1. The Kier molecular flexibility index (Phi) is 4.24. The van der Waals surface area contributed by atoms with Crippen LogP contribution >= 0.6 is 0 Å². The summed E-state index contributed by atoms with van der Waals surface area (Å²) in [6, 6.07) is 0. The van der Waals surface area contributed by atoms with Crippen molar-refractivity contribution in [2.45, 2.75) is 51.6 Å². The molecule has 5 heteroatoms. The fourth-order valence-corrected chi connectivity index (χ4v) is 2.37. The predicted molar refractivity (Wildman–Crippen MR) is 69.1 cm³/mol. The van der Waals surface area contributed by atoms with Gasteiger partial charge in [-0.3, -0.25) is 0 Å². The van der Waals surface area contributed by atoms with Crippen LogP contribution in [0, 0.1) is 0 Å². The number of carbonyl (C=O) groups excluding carboxylic acids is 1. The lowest BCUT2D eigenvalue weighted by Crippen LogP contribution is -2.41. The fourth-order valence-electron chi connectivity index (χ4n) is 2.37. The van der Waals surface area contributed by atoms with Gasteiger partial charge in [0.15, 0.2) is 5.89 Å². The van der Waals surface area contributed by atoms with Crippen LogP contribution in [0.5, 0.6) is 0 Å². The number of hydrogen-bond donors (Lipinski definition) is 0. The SMILES string of the molecule is CCOC(=O)c1oc(CC2(OC)CCC2)nc1CC. The van der Waals surface area contributed by atoms with E-state index in [1.807, 2.05) is 6.92 Å². The van der Waals surface area contributed by atoms with Gasteiger partial charge in [0.2, 0.25) is 5.76 Å². The smallest absolute Gasteiger partial charge is 0.376 e. The highest BCUT2D eigenvalue weighted by atomic mass is 16.5. The first-order valence-electron chi connectivity index (χ1n) is 6.85. The zero-order chi connectivity index (χ0) is 13.9. The molecule has 0 unspecified atom stereocenters. The van der Waals surface area contributed by atoms with Gasteiger partial charge in [-0.15, -0.1) is 0 Å². The van der Waals surface area contributed by atoms with E-state index in [-0.39, 0.29) is 11.4 Å². The molecular weight excluding hydrogens is 246 g/mol. The van der Waals surface area contributed by atoms with Crippen molar-refractivity contribution in [1.29, 1.82) is 0 Å². The largest absolute Gasteiger partial charge is 0.460 e. The number of methoxy groups -OCH3 is 1. The third-order valence-corrected chi connectivity index (χ3v) is 3.71. The Bertz CT molecular complexity index is 443. The average molecular weight is 267 g/mol. The number of hydrogen-bond acceptors (Lipinski definition) is 5. The average Bonchev–Trinajstić information content (AvgIpc) is 2.77. The standard InChI is InChI=1S/C14H21NO4/c1-4-10-12(13(16)18-5-2)19-11(15-10)9-14(17-3)7-6-8-14/h4-9H2,1-3H3. The number of aryl methyl sites for hydroxylation is 1. The molecule has 0 aliphatic heterocycles. The molecule has 106 valence electrons. The highest BCUT2D eigenvalue weighted by molar-refractivity contribution is 5.87. The van der Waals surface area contributed by atoms with Crippen molar-refractivity contribution < 1.29 is 18.7 Å². The van der Waals surface area contributed by atoms with E-state index in [2.05, 4.69) is 4.98 Å². The van der Waals surface area contributed by atoms with E-state index in [1.54, 1.807) is 14.0 Å². The fraction of sp³-hybridized carbons (Fsp3) is 0.714. The van der Waals surface area contributed by atoms with Crippen LogP contribution in [0.15, 0.2) is 4.42 Å². The molecule has 1 aliphatic carbocycles. The molecule has 0 atom stereocenters. The lowest BCUT2D eigenvalue weighted by atomic mass is 9.77. The molecule has 1 saturated carbocycles. The van der Waals surface area contributed by atoms with Crippen LogP contribution in [0.1, 0.15) is 55.2 Å². The van der Waals surface area contributed by atoms with Gasteiger partial charge in [0.05, 0.1) is 24.3 Å². The molecule has 0 radical (unpaired) electrons. The van der Waals surface area contributed by atoms with E-state index in [9.17, 15) is 4.79 Å². The second-order valence-corrected chi connectivity index (χ2v) is 4.87. The molecule has 0 bridgehead atoms. The molecule has 1 aliphatic rings. The summed E-state index contributed by atoms with van der Waals surface area (Å²) >= 11 is 0. The summed E-state index contributed by atoms with van der Waals surface area (Å²) in [4.78, 5) is 16.2. The van der Waals surface area contributed by atoms with Crippen LogP contribution in [0.4, 0.5) is 0 Å². The topological polar surface area (TPSA) is 61.6 Å². The Morgan fingerprint density at radius 1 is 1.42 bits per heavy atom. The van der Waals surface area contributed by atoms with Crippen LogP contribution in [0.3, 0.4) is 0 Å². The minimum absolute atomic E-state index is 0.151. The van der Waals surface area contributed by atoms with E-state index >= 15 is 0 Å². The molecule has 5 nitrogen and oxygen atoms in total. The maximum absolute atomic E-state index is 11.8. The van der Waals surface area contributed by atoms with Crippen LogP contribution in [-0.2, 0) is 22.3 Å². The van der Waals surface area contributed by atoms with Gasteiger partial charge >= 0.3 is 5.97 Å². The first-order chi connectivity index (χ1) is 9.14. The minimum atomic E-state index is -0.432. The number of aromatic nitrogens is 1. The molecule has 0 saturated heterocycles. The Morgan fingerprint density at radius 3 is 2.63 bits per heavy atom. The van der Waals surface area contributed by atoms with Gasteiger partial charge in [-0.25, -0.2) is 9.78 Å². The van der Waals surface area contributed by atoms with Crippen molar-refractivity contribution in [1.82, 2.24) is 4.98 Å². The number of nitrogens with zero attached hydrogens (tertiary/aromatic N) is 1. The Hall–Kier alpha value is -1.36. The summed E-state index contributed by atoms with van der Waals surface area (Å²) in [5.41, 5.74) is 0.515. The van der Waals surface area contributed by atoms with Crippen LogP contribution < -0.4 is 0 Å². The van der Waals surface area contributed by atoms with Gasteiger partial charge in [-0.2, -0.15) is 0 Å². The minimum Gasteiger partial charge on any atom is -0.460 e. The molecule has 2 rings (SSSR count). The summed E-state index contributed by atoms with van der Waals surface area (Å²) in [6.07, 6.45) is 4.47. The summed E-state index contributed by atoms with van der Waals surface area (Å²) in [6.45, 7) is 4.05. The first-order valence-corrected chi connectivity index (χ1v) is 6.85. The van der Waals surface area contributed by atoms with Crippen molar-refractivity contribution >= 4 is 5.97 Å². The van der Waals surface area contributed by atoms with Crippen LogP contribution in [0.2, 0.25) is 0 Å². The van der Waals surface area contributed by atoms with E-state index in [0.717, 1.165) is 12.8 Å². The maximum Gasteiger partial charge on any atom is 0.376 e. The van der Waals surface area contributed by atoms with E-state index in [0.29, 0.717) is 31.0 Å². The predicted octanol–water partition coefficient (Wildman–Crippen LogP) is 2.53. The van der Waals surface area contributed by atoms with E-state index in [1.165, 1.54) is 6.42 Å². The number of ether oxygens (including phenoxy) is 2. The zero-order valence-electron chi connectivity index (χ0n) is 11.8. The third-order valence-electron chi connectivity index (χ3n) is 3.71. The molecule has 0 amide bonds. The highest BCUT2D eigenvalue weighted by Gasteiger charge is 2.39. The van der Waals surface area contributed by atoms with Crippen LogP contribution in [-0.4, -0.2) is 30.3 Å². The highest BCUT2D eigenvalue weighted by Crippen LogP contribution is 2.38. The molecule has 0 aromatic carbocycles. The quantitative estimate of drug-likeness (QED) is 0.741. The van der Waals surface area contributed by atoms with Crippen molar-refractivity contribution in [3.8, 4) is 0 Å². The normalized spacial score (nSPS) is 17.0. The lowest BCUT2D eigenvalue weighted by Gasteiger charge is -2.39. The molecule has 1 aromatic heterocycles. The Morgan fingerprint density at radius 2 is 2.16 bits per heavy atom. The van der Waals surface area contributed by atoms with E-state index < -0.39 is 5.97 Å². The molecule has 0 spiro atoms. The van der Waals surface area contributed by atoms with Gasteiger partial charge in [0, 0.05) is 7.11 Å². The van der Waals surface area contributed by atoms with Gasteiger partial charge in [-0.1, -0.05) is 6.92 Å². The lowest BCUT2D eigenvalue weighted by molar-refractivity contribution is -0.0747. The zero-order valence-corrected chi connectivity index (χ0v) is 11.8. The molecule has 0 N–H and O–H groups in total. The Labute approximate surface area is 113 Å². The van der Waals surface area contributed by atoms with Crippen LogP contribution in [0.25, 0.3) is 0 Å². The number of esters is 1. The summed E-state index contributed by atoms with van der Waals surface area (Å²) in [5, 5.41) is 0. The van der Waals surface area contributed by atoms with Gasteiger partial charge in [0.1, 0.15) is 0 Å². The third kappa shape index (κ3) is 2.81. The second-order valence-electron chi connectivity index (χ2n) is 4.87. The van der Waals surface area contributed by atoms with Crippen molar-refractivity contribution in [2.24, 2.45) is 0 Å². The first kappa shape index (κ1) is 14.1. The van der Waals surface area contributed by atoms with Gasteiger partial charge < -0.3 is 13.9 Å². The monoisotopic (exact) mass is 267 g/mol. The van der Waals surface area contributed by atoms with Crippen molar-refractivity contribution in [2.75, 3.05) is 13.7 Å². The molecule has 1 heterocycles. The number of oxazole rings is 1. The maximum atomic E-state index is 11.8. The van der Waals surface area contributed by atoms with Gasteiger partial charge in [0.25, 0.3) is 0 Å². The molecular formula is C14H21NO4. The second kappa shape index (κ2) is 5.74. The van der Waals surface area contributed by atoms with E-state index in [4.69, 9.17) is 13.9 Å². The van der Waals surface area contributed by atoms with Crippen molar-refractivity contribution in [3.63, 3.8) is 0 Å².